The van der Waals surface area contributed by atoms with Gasteiger partial charge in [-0.3, -0.25) is 0 Å². The van der Waals surface area contributed by atoms with Crippen LogP contribution in [-0.2, 0) is 9.47 Å². The van der Waals surface area contributed by atoms with Crippen LogP contribution in [0, 0.1) is 5.92 Å². The highest BCUT2D eigenvalue weighted by atomic mass is 16.5. The van der Waals surface area contributed by atoms with E-state index in [2.05, 4.69) is 0 Å². The summed E-state index contributed by atoms with van der Waals surface area (Å²) >= 11 is 0. The molecule has 3 rings (SSSR count). The summed E-state index contributed by atoms with van der Waals surface area (Å²) < 4.78 is 11.2. The zero-order valence-corrected chi connectivity index (χ0v) is 12.5. The van der Waals surface area contributed by atoms with Crippen molar-refractivity contribution < 1.29 is 14.3 Å². The number of methoxy groups -OCH3 is 1. The Labute approximate surface area is 121 Å². The Hall–Kier alpha value is -0.810. The molecule has 3 fully saturated rings. The third kappa shape index (κ3) is 2.79. The molecule has 3 saturated heterocycles. The smallest absolute Gasteiger partial charge is 0.320 e. The van der Waals surface area contributed by atoms with Gasteiger partial charge in [0.25, 0.3) is 0 Å². The van der Waals surface area contributed by atoms with Gasteiger partial charge < -0.3 is 19.3 Å². The Balaban J connectivity index is 1.48. The molecule has 0 bridgehead atoms. The van der Waals surface area contributed by atoms with E-state index in [1.165, 1.54) is 0 Å². The van der Waals surface area contributed by atoms with Crippen molar-refractivity contribution in [2.24, 2.45) is 5.92 Å². The first-order valence-corrected chi connectivity index (χ1v) is 7.89. The van der Waals surface area contributed by atoms with Crippen LogP contribution in [0.3, 0.4) is 0 Å². The molecule has 0 aromatic rings. The van der Waals surface area contributed by atoms with Crippen molar-refractivity contribution in [1.82, 2.24) is 9.80 Å². The lowest BCUT2D eigenvalue weighted by molar-refractivity contribution is -0.168. The van der Waals surface area contributed by atoms with Crippen molar-refractivity contribution >= 4 is 6.03 Å². The number of hydrogen-bond donors (Lipinski definition) is 0. The van der Waals surface area contributed by atoms with Crippen LogP contribution in [0.25, 0.3) is 0 Å². The fraction of sp³-hybridized carbons (Fsp3) is 0.933. The van der Waals surface area contributed by atoms with Crippen molar-refractivity contribution in [3.63, 3.8) is 0 Å². The van der Waals surface area contributed by atoms with Crippen molar-refractivity contribution in [1.29, 1.82) is 0 Å². The van der Waals surface area contributed by atoms with Crippen LogP contribution < -0.4 is 0 Å². The maximum absolute atomic E-state index is 12.3. The molecule has 0 saturated carbocycles. The molecule has 3 heterocycles. The molecule has 5 heteroatoms. The first-order valence-electron chi connectivity index (χ1n) is 7.89. The summed E-state index contributed by atoms with van der Waals surface area (Å²) in [6, 6.07) is 0.218. The first kappa shape index (κ1) is 14.1. The molecule has 0 aliphatic carbocycles. The van der Waals surface area contributed by atoms with Gasteiger partial charge in [0.2, 0.25) is 0 Å². The Morgan fingerprint density at radius 3 is 2.75 bits per heavy atom. The van der Waals surface area contributed by atoms with E-state index in [1.54, 1.807) is 7.11 Å². The van der Waals surface area contributed by atoms with Crippen LogP contribution in [0.15, 0.2) is 0 Å². The monoisotopic (exact) mass is 282 g/mol. The van der Waals surface area contributed by atoms with Gasteiger partial charge in [-0.1, -0.05) is 0 Å². The van der Waals surface area contributed by atoms with E-state index >= 15 is 0 Å². The maximum atomic E-state index is 12.3. The summed E-state index contributed by atoms with van der Waals surface area (Å²) in [5.41, 5.74) is -0.0496. The molecule has 0 aromatic carbocycles. The molecular formula is C15H26N2O3. The van der Waals surface area contributed by atoms with E-state index in [0.717, 1.165) is 71.5 Å². The predicted octanol–water partition coefficient (Wildman–Crippen LogP) is 1.72. The third-order valence-corrected chi connectivity index (χ3v) is 4.93. The molecule has 2 amide bonds. The van der Waals surface area contributed by atoms with E-state index in [4.69, 9.17) is 9.47 Å². The number of rotatable bonds is 3. The average Bonchev–Trinajstić information content (AvgIpc) is 2.96. The SMILES string of the molecule is COCC[C@@H]1CCOC2(C1)CN(C(=O)N1CCCC1)C2. The number of carbonyl (C=O) groups excluding carboxylic acids is 1. The topological polar surface area (TPSA) is 42.0 Å². The third-order valence-electron chi connectivity index (χ3n) is 4.93. The van der Waals surface area contributed by atoms with Crippen LogP contribution in [0.1, 0.15) is 32.1 Å². The fourth-order valence-corrected chi connectivity index (χ4v) is 3.77. The second-order valence-electron chi connectivity index (χ2n) is 6.50. The van der Waals surface area contributed by atoms with Crippen LogP contribution in [0.2, 0.25) is 0 Å². The fourth-order valence-electron chi connectivity index (χ4n) is 3.77. The molecule has 0 N–H and O–H groups in total. The second kappa shape index (κ2) is 5.90. The summed E-state index contributed by atoms with van der Waals surface area (Å²) in [4.78, 5) is 16.2. The van der Waals surface area contributed by atoms with E-state index in [0.29, 0.717) is 5.92 Å². The summed E-state index contributed by atoms with van der Waals surface area (Å²) in [5.74, 6) is 0.688. The Morgan fingerprint density at radius 1 is 1.30 bits per heavy atom. The Morgan fingerprint density at radius 2 is 2.05 bits per heavy atom. The van der Waals surface area contributed by atoms with E-state index < -0.39 is 0 Å². The minimum atomic E-state index is -0.0496. The maximum Gasteiger partial charge on any atom is 0.320 e. The molecule has 1 atom stereocenters. The summed E-state index contributed by atoms with van der Waals surface area (Å²) in [6.45, 7) is 5.09. The zero-order chi connectivity index (χ0) is 14.0. The van der Waals surface area contributed by atoms with Crippen LogP contribution >= 0.6 is 0 Å². The number of ether oxygens (including phenoxy) is 2. The van der Waals surface area contributed by atoms with Gasteiger partial charge in [0, 0.05) is 33.4 Å². The highest BCUT2D eigenvalue weighted by molar-refractivity contribution is 5.76. The van der Waals surface area contributed by atoms with Crippen molar-refractivity contribution in [3.8, 4) is 0 Å². The summed E-state index contributed by atoms with van der Waals surface area (Å²) in [5, 5.41) is 0. The average molecular weight is 282 g/mol. The largest absolute Gasteiger partial charge is 0.385 e. The van der Waals surface area contributed by atoms with E-state index in [-0.39, 0.29) is 11.6 Å². The van der Waals surface area contributed by atoms with Crippen LogP contribution in [0.5, 0.6) is 0 Å². The molecule has 3 aliphatic rings. The molecule has 0 unspecified atom stereocenters. The molecular weight excluding hydrogens is 256 g/mol. The highest BCUT2D eigenvalue weighted by Crippen LogP contribution is 2.38. The lowest BCUT2D eigenvalue weighted by Crippen LogP contribution is -2.68. The van der Waals surface area contributed by atoms with Gasteiger partial charge in [-0.25, -0.2) is 4.79 Å². The summed E-state index contributed by atoms with van der Waals surface area (Å²) in [7, 11) is 1.76. The molecule has 5 nitrogen and oxygen atoms in total. The number of carbonyl (C=O) groups is 1. The molecule has 1 spiro atoms. The summed E-state index contributed by atoms with van der Waals surface area (Å²) in [6.07, 6.45) is 5.63. The van der Waals surface area contributed by atoms with Gasteiger partial charge in [0.15, 0.2) is 0 Å². The normalized spacial score (nSPS) is 28.8. The lowest BCUT2D eigenvalue weighted by Gasteiger charge is -2.53. The zero-order valence-electron chi connectivity index (χ0n) is 12.5. The van der Waals surface area contributed by atoms with Crippen LogP contribution in [-0.4, -0.2) is 67.9 Å². The number of amides is 2. The standard InChI is InChI=1S/C15H26N2O3/c1-19-8-4-13-5-9-20-15(10-13)11-17(12-15)14(18)16-6-2-3-7-16/h13H,2-12H2,1H3/t13-/m1/s1. The predicted molar refractivity (Wildman–Crippen MR) is 75.7 cm³/mol. The quantitative estimate of drug-likeness (QED) is 0.791. The molecule has 114 valence electrons. The Bertz CT molecular complexity index is 349. The number of nitrogens with zero attached hydrogens (tertiary/aromatic N) is 2. The van der Waals surface area contributed by atoms with E-state index in [9.17, 15) is 4.79 Å². The van der Waals surface area contributed by atoms with E-state index in [1.807, 2.05) is 9.80 Å². The van der Waals surface area contributed by atoms with Gasteiger partial charge in [0.05, 0.1) is 13.1 Å². The van der Waals surface area contributed by atoms with Gasteiger partial charge in [0.1, 0.15) is 5.60 Å². The first-order chi connectivity index (χ1) is 9.72. The van der Waals surface area contributed by atoms with Gasteiger partial charge in [-0.15, -0.1) is 0 Å². The minimum Gasteiger partial charge on any atom is -0.385 e. The molecule has 3 aliphatic heterocycles. The molecule has 20 heavy (non-hydrogen) atoms. The minimum absolute atomic E-state index is 0.0496. The number of likely N-dealkylation sites (tertiary alicyclic amines) is 2. The van der Waals surface area contributed by atoms with Crippen LogP contribution in [0.4, 0.5) is 4.79 Å². The van der Waals surface area contributed by atoms with Crippen molar-refractivity contribution in [2.75, 3.05) is 46.5 Å². The Kier molecular flexibility index (Phi) is 4.17. The lowest BCUT2D eigenvalue weighted by atomic mass is 9.79. The number of urea groups is 1. The second-order valence-corrected chi connectivity index (χ2v) is 6.50. The van der Waals surface area contributed by atoms with Gasteiger partial charge in [-0.05, 0) is 38.0 Å². The highest BCUT2D eigenvalue weighted by Gasteiger charge is 2.50. The molecule has 0 radical (unpaired) electrons. The molecule has 0 aromatic heterocycles. The number of hydrogen-bond acceptors (Lipinski definition) is 3. The van der Waals surface area contributed by atoms with Gasteiger partial charge >= 0.3 is 6.03 Å². The van der Waals surface area contributed by atoms with Crippen molar-refractivity contribution in [2.45, 2.75) is 37.7 Å². The van der Waals surface area contributed by atoms with Crippen molar-refractivity contribution in [3.05, 3.63) is 0 Å². The van der Waals surface area contributed by atoms with Gasteiger partial charge in [-0.2, -0.15) is 0 Å².